The van der Waals surface area contributed by atoms with Crippen LogP contribution in [0, 0.1) is 0 Å². The Bertz CT molecular complexity index is 563. The lowest BCUT2D eigenvalue weighted by Gasteiger charge is -2.26. The minimum Gasteiger partial charge on any atom is -0.475 e. The van der Waals surface area contributed by atoms with Gasteiger partial charge in [0, 0.05) is 14.1 Å². The van der Waals surface area contributed by atoms with Crippen LogP contribution in [0.3, 0.4) is 0 Å². The molecule has 1 unspecified atom stereocenters. The summed E-state index contributed by atoms with van der Waals surface area (Å²) in [4.78, 5) is 8.89. The van der Waals surface area contributed by atoms with E-state index in [0.29, 0.717) is 0 Å². The van der Waals surface area contributed by atoms with Crippen molar-refractivity contribution in [2.45, 2.75) is 27.0 Å². The Morgan fingerprint density at radius 2 is 1.95 bits per heavy atom. The van der Waals surface area contributed by atoms with Crippen LogP contribution in [-0.4, -0.2) is 43.3 Å². The average molecular weight is 293 g/mol. The van der Waals surface area contributed by atoms with Crippen LogP contribution < -0.4 is 9.64 Å². The van der Waals surface area contributed by atoms with E-state index in [9.17, 15) is 0 Å². The van der Waals surface area contributed by atoms with Crippen LogP contribution in [0.5, 0.6) is 5.75 Å². The van der Waals surface area contributed by atoms with Gasteiger partial charge in [0.2, 0.25) is 0 Å². The van der Waals surface area contributed by atoms with Crippen molar-refractivity contribution in [1.29, 1.82) is 0 Å². The number of hydrogen-bond acceptors (Lipinski definition) is 5. The smallest absolute Gasteiger partial charge is 0.185 e. The molecule has 1 heterocycles. The third-order valence-corrected chi connectivity index (χ3v) is 4.55. The molecule has 0 aliphatic carbocycles. The van der Waals surface area contributed by atoms with E-state index in [1.165, 1.54) is 0 Å². The molecule has 0 saturated carbocycles. The molecule has 0 radical (unpaired) electrons. The summed E-state index contributed by atoms with van der Waals surface area (Å²) in [7, 11) is 4.02. The standard InChI is InChI=1S/C15H23N3OS/c1-6-18(7-2)11(3)19-12-8-9-13-14(10-12)20-15(16-13)17(4)5/h8-11H,6-7H2,1-5H3. The Balaban J connectivity index is 2.19. The first kappa shape index (κ1) is 15.1. The fourth-order valence-electron chi connectivity index (χ4n) is 2.17. The summed E-state index contributed by atoms with van der Waals surface area (Å²) >= 11 is 1.69. The van der Waals surface area contributed by atoms with Crippen LogP contribution in [0.15, 0.2) is 18.2 Å². The molecule has 0 spiro atoms. The molecular weight excluding hydrogens is 270 g/mol. The molecule has 0 bridgehead atoms. The molecule has 0 fully saturated rings. The van der Waals surface area contributed by atoms with Crippen LogP contribution in [0.4, 0.5) is 5.13 Å². The Morgan fingerprint density at radius 1 is 1.25 bits per heavy atom. The summed E-state index contributed by atoms with van der Waals surface area (Å²) < 4.78 is 7.19. The molecule has 0 saturated heterocycles. The third kappa shape index (κ3) is 3.22. The molecule has 20 heavy (non-hydrogen) atoms. The lowest BCUT2D eigenvalue weighted by molar-refractivity contribution is 0.0482. The van der Waals surface area contributed by atoms with E-state index in [1.54, 1.807) is 11.3 Å². The van der Waals surface area contributed by atoms with Crippen LogP contribution in [0.2, 0.25) is 0 Å². The molecule has 0 N–H and O–H groups in total. The average Bonchev–Trinajstić information content (AvgIpc) is 2.83. The van der Waals surface area contributed by atoms with Gasteiger partial charge in [0.15, 0.2) is 5.13 Å². The number of benzene rings is 1. The molecule has 1 aromatic heterocycles. The predicted molar refractivity (Wildman–Crippen MR) is 87.0 cm³/mol. The second-order valence-electron chi connectivity index (χ2n) is 4.96. The normalized spacial score (nSPS) is 12.9. The highest BCUT2D eigenvalue weighted by molar-refractivity contribution is 7.22. The monoisotopic (exact) mass is 293 g/mol. The van der Waals surface area contributed by atoms with Gasteiger partial charge in [0.05, 0.1) is 10.2 Å². The quantitative estimate of drug-likeness (QED) is 0.763. The first-order valence-corrected chi connectivity index (χ1v) is 7.85. The van der Waals surface area contributed by atoms with Gasteiger partial charge in [-0.3, -0.25) is 4.90 Å². The minimum absolute atomic E-state index is 0.0868. The van der Waals surface area contributed by atoms with Crippen molar-refractivity contribution in [1.82, 2.24) is 9.88 Å². The maximum Gasteiger partial charge on any atom is 0.185 e. The van der Waals surface area contributed by atoms with Gasteiger partial charge in [-0.05, 0) is 38.2 Å². The van der Waals surface area contributed by atoms with Gasteiger partial charge in [-0.2, -0.15) is 0 Å². The molecule has 0 aliphatic heterocycles. The van der Waals surface area contributed by atoms with Crippen molar-refractivity contribution in [2.24, 2.45) is 0 Å². The van der Waals surface area contributed by atoms with Crippen molar-refractivity contribution < 1.29 is 4.74 Å². The van der Waals surface area contributed by atoms with Crippen molar-refractivity contribution in [3.05, 3.63) is 18.2 Å². The molecular formula is C15H23N3OS. The Hall–Kier alpha value is -1.33. The highest BCUT2D eigenvalue weighted by Gasteiger charge is 2.12. The van der Waals surface area contributed by atoms with Crippen molar-refractivity contribution >= 4 is 26.7 Å². The summed E-state index contributed by atoms with van der Waals surface area (Å²) in [5.41, 5.74) is 1.03. The predicted octanol–water partition coefficient (Wildman–Crippen LogP) is 3.43. The second-order valence-corrected chi connectivity index (χ2v) is 5.97. The summed E-state index contributed by atoms with van der Waals surface area (Å²) in [5, 5.41) is 1.02. The Kier molecular flexibility index (Phi) is 4.83. The van der Waals surface area contributed by atoms with Crippen LogP contribution in [0.1, 0.15) is 20.8 Å². The zero-order chi connectivity index (χ0) is 14.7. The van der Waals surface area contributed by atoms with Gasteiger partial charge in [-0.1, -0.05) is 25.2 Å². The number of thiazole rings is 1. The fourth-order valence-corrected chi connectivity index (χ4v) is 3.08. The summed E-state index contributed by atoms with van der Waals surface area (Å²) in [6.45, 7) is 8.38. The van der Waals surface area contributed by atoms with Gasteiger partial charge >= 0.3 is 0 Å². The molecule has 1 atom stereocenters. The van der Waals surface area contributed by atoms with Gasteiger partial charge in [-0.25, -0.2) is 4.98 Å². The zero-order valence-corrected chi connectivity index (χ0v) is 13.7. The molecule has 0 amide bonds. The number of fused-ring (bicyclic) bond motifs is 1. The van der Waals surface area contributed by atoms with Gasteiger partial charge in [-0.15, -0.1) is 0 Å². The van der Waals surface area contributed by atoms with Crippen molar-refractivity contribution in [3.8, 4) is 5.75 Å². The molecule has 5 heteroatoms. The van der Waals surface area contributed by atoms with E-state index >= 15 is 0 Å². The highest BCUT2D eigenvalue weighted by atomic mass is 32.1. The lowest BCUT2D eigenvalue weighted by atomic mass is 10.3. The lowest BCUT2D eigenvalue weighted by Crippen LogP contribution is -2.36. The number of aromatic nitrogens is 1. The van der Waals surface area contributed by atoms with E-state index in [4.69, 9.17) is 4.74 Å². The minimum atomic E-state index is 0.0868. The van der Waals surface area contributed by atoms with E-state index in [1.807, 2.05) is 31.1 Å². The maximum absolute atomic E-state index is 6.03. The first-order valence-electron chi connectivity index (χ1n) is 7.03. The molecule has 1 aromatic carbocycles. The Morgan fingerprint density at radius 3 is 2.55 bits per heavy atom. The van der Waals surface area contributed by atoms with Gasteiger partial charge < -0.3 is 9.64 Å². The van der Waals surface area contributed by atoms with Crippen LogP contribution in [-0.2, 0) is 0 Å². The molecule has 0 aliphatic rings. The number of anilines is 1. The SMILES string of the molecule is CCN(CC)C(C)Oc1ccc2nc(N(C)C)sc2c1. The van der Waals surface area contributed by atoms with E-state index in [2.05, 4.69) is 36.7 Å². The second kappa shape index (κ2) is 6.41. The third-order valence-electron chi connectivity index (χ3n) is 3.36. The molecule has 2 rings (SSSR count). The van der Waals surface area contributed by atoms with Crippen LogP contribution >= 0.6 is 11.3 Å². The zero-order valence-electron chi connectivity index (χ0n) is 12.9. The first-order chi connectivity index (χ1) is 9.55. The summed E-state index contributed by atoms with van der Waals surface area (Å²) in [5.74, 6) is 0.908. The van der Waals surface area contributed by atoms with Gasteiger partial charge in [0.25, 0.3) is 0 Å². The topological polar surface area (TPSA) is 28.6 Å². The van der Waals surface area contributed by atoms with E-state index in [0.717, 1.165) is 34.2 Å². The van der Waals surface area contributed by atoms with Crippen LogP contribution in [0.25, 0.3) is 10.2 Å². The van der Waals surface area contributed by atoms with Crippen molar-refractivity contribution in [2.75, 3.05) is 32.1 Å². The summed E-state index contributed by atoms with van der Waals surface area (Å²) in [6, 6.07) is 6.12. The largest absolute Gasteiger partial charge is 0.475 e. The molecule has 2 aromatic rings. The fraction of sp³-hybridized carbons (Fsp3) is 0.533. The molecule has 110 valence electrons. The maximum atomic E-state index is 6.03. The molecule has 4 nitrogen and oxygen atoms in total. The number of ether oxygens (including phenoxy) is 1. The Labute approximate surface area is 125 Å². The summed E-state index contributed by atoms with van der Waals surface area (Å²) in [6.07, 6.45) is 0.0868. The van der Waals surface area contributed by atoms with Crippen molar-refractivity contribution in [3.63, 3.8) is 0 Å². The van der Waals surface area contributed by atoms with Gasteiger partial charge in [0.1, 0.15) is 12.0 Å². The number of nitrogens with zero attached hydrogens (tertiary/aromatic N) is 3. The highest BCUT2D eigenvalue weighted by Crippen LogP contribution is 2.30. The van der Waals surface area contributed by atoms with E-state index in [-0.39, 0.29) is 6.23 Å². The van der Waals surface area contributed by atoms with E-state index < -0.39 is 0 Å². The number of rotatable bonds is 6. The number of hydrogen-bond donors (Lipinski definition) is 0.